The van der Waals surface area contributed by atoms with Gasteiger partial charge in [-0.25, -0.2) is 9.78 Å². The van der Waals surface area contributed by atoms with Crippen LogP contribution in [-0.4, -0.2) is 119 Å². The molecule has 10 N–H and O–H groups in total. The molecule has 0 radical (unpaired) electrons. The average molecular weight is 965 g/mol. The quantitative estimate of drug-likeness (QED) is 0.0469. The Morgan fingerprint density at radius 1 is 0.957 bits per heavy atom. The van der Waals surface area contributed by atoms with Gasteiger partial charge in [-0.3, -0.25) is 9.59 Å². The van der Waals surface area contributed by atoms with E-state index in [0.717, 1.165) is 48.7 Å². The van der Waals surface area contributed by atoms with Gasteiger partial charge >= 0.3 is 0 Å². The second-order valence-electron chi connectivity index (χ2n) is 20.4. The van der Waals surface area contributed by atoms with Crippen molar-refractivity contribution in [1.82, 2.24) is 20.2 Å². The Kier molecular flexibility index (Phi) is 13.2. The summed E-state index contributed by atoms with van der Waals surface area (Å²) in [6.45, 7) is 3.22. The molecule has 70 heavy (non-hydrogen) atoms. The zero-order chi connectivity index (χ0) is 49.1. The molecule has 374 valence electrons. The van der Waals surface area contributed by atoms with Crippen LogP contribution in [0.1, 0.15) is 80.9 Å². The van der Waals surface area contributed by atoms with Gasteiger partial charge in [0.25, 0.3) is 0 Å². The number of benzene rings is 3. The third-order valence-corrected chi connectivity index (χ3v) is 16.0. The highest BCUT2D eigenvalue weighted by Gasteiger charge is 2.57. The summed E-state index contributed by atoms with van der Waals surface area (Å²) in [5.41, 5.74) is 0.00884. The number of aliphatic hydroxyl groups excluding tert-OH is 4. The lowest BCUT2D eigenvalue weighted by Crippen LogP contribution is -2.63. The first kappa shape index (κ1) is 48.1. The number of nitrogens with one attached hydrogen (secondary N) is 3. The lowest BCUT2D eigenvalue weighted by molar-refractivity contribution is -0.378. The molecule has 4 aliphatic rings. The molecule has 1 saturated heterocycles. The van der Waals surface area contributed by atoms with Gasteiger partial charge in [-0.15, -0.1) is 0 Å². The molecule has 1 spiro atoms. The molecule has 17 heteroatoms. The molecule has 3 aromatic heterocycles. The number of amides is 1. The predicted molar refractivity (Wildman–Crippen MR) is 259 cm³/mol. The molecule has 2 aliphatic carbocycles. The fraction of sp³-hybridized carbons (Fsp3) is 0.509. The molecule has 9 atom stereocenters. The van der Waals surface area contributed by atoms with E-state index in [-0.39, 0.29) is 47.0 Å². The van der Waals surface area contributed by atoms with E-state index in [1.54, 1.807) is 13.0 Å². The third kappa shape index (κ3) is 8.74. The van der Waals surface area contributed by atoms with Crippen LogP contribution in [0, 0.1) is 24.7 Å². The second kappa shape index (κ2) is 19.3. The number of aryl methyl sites for hydroxylation is 2. The maximum absolute atomic E-state index is 14.0. The summed E-state index contributed by atoms with van der Waals surface area (Å²) in [5, 5.41) is 85.9. The first-order chi connectivity index (χ1) is 33.7. The van der Waals surface area contributed by atoms with Crippen molar-refractivity contribution in [2.75, 3.05) is 26.3 Å². The van der Waals surface area contributed by atoms with E-state index in [4.69, 9.17) is 18.9 Å². The number of H-pyrrole nitrogens is 1. The predicted octanol–water partition coefficient (Wildman–Crippen LogP) is 4.62. The van der Waals surface area contributed by atoms with Crippen molar-refractivity contribution in [2.24, 2.45) is 17.8 Å². The largest absolute Gasteiger partial charge is 0.508 e. The molecule has 0 unspecified atom stereocenters. The molecule has 0 bridgehead atoms. The minimum atomic E-state index is -2.42. The van der Waals surface area contributed by atoms with Gasteiger partial charge in [0.2, 0.25) is 5.91 Å². The number of carbonyl (C=O) groups excluding carboxylic acids is 1. The molecule has 5 heterocycles. The van der Waals surface area contributed by atoms with E-state index in [0.29, 0.717) is 94.9 Å². The number of aromatic hydroxyl groups is 2. The normalized spacial score (nSPS) is 25.0. The van der Waals surface area contributed by atoms with Crippen molar-refractivity contribution >= 4 is 38.6 Å². The van der Waals surface area contributed by atoms with Gasteiger partial charge in [0.05, 0.1) is 17.5 Å². The molecule has 2 saturated carbocycles. The first-order valence-corrected chi connectivity index (χ1v) is 24.8. The van der Waals surface area contributed by atoms with Gasteiger partial charge < -0.3 is 65.1 Å². The van der Waals surface area contributed by atoms with Crippen molar-refractivity contribution in [1.29, 1.82) is 0 Å². The Hall–Kier alpha value is -5.50. The van der Waals surface area contributed by atoms with Crippen molar-refractivity contribution in [3.8, 4) is 22.9 Å². The van der Waals surface area contributed by atoms with E-state index in [1.807, 2.05) is 18.5 Å². The summed E-state index contributed by atoms with van der Waals surface area (Å²) < 4.78 is 16.3. The first-order valence-electron chi connectivity index (χ1n) is 24.8. The van der Waals surface area contributed by atoms with Crippen LogP contribution < -0.4 is 20.8 Å². The van der Waals surface area contributed by atoms with Gasteiger partial charge in [-0.1, -0.05) is 25.8 Å². The highest BCUT2D eigenvalue weighted by molar-refractivity contribution is 5.93. The molecule has 2 aliphatic heterocycles. The summed E-state index contributed by atoms with van der Waals surface area (Å²) in [5.74, 6) is 0.597. The van der Waals surface area contributed by atoms with Crippen LogP contribution in [0.25, 0.3) is 38.3 Å². The van der Waals surface area contributed by atoms with Crippen LogP contribution in [0.2, 0.25) is 0 Å². The van der Waals surface area contributed by atoms with Crippen molar-refractivity contribution in [2.45, 2.75) is 126 Å². The number of phenols is 2. The van der Waals surface area contributed by atoms with Crippen LogP contribution in [-0.2, 0) is 33.8 Å². The SMILES string of the molecule is CCc1c2cc[nH]c2cn1-c1c2c(cc3c(=O)cc(C)oc13)C[C@@H](OOC[C@@](O)(Cc1ccc(O)c3ccc(O)cc13)[C@@H](O)[C@H](O)[C@H](O)CO)[C@@]1(C[C@H]([C@H]3CNC(=O)C3)CC[C@H]1CNC1CCCC1)O2. The minimum absolute atomic E-state index is 0.00681. The Bertz CT molecular complexity index is 2960. The molecule has 6 aromatic rings. The highest BCUT2D eigenvalue weighted by atomic mass is 17.2. The fourth-order valence-corrected chi connectivity index (χ4v) is 12.2. The summed E-state index contributed by atoms with van der Waals surface area (Å²) >= 11 is 0. The lowest BCUT2D eigenvalue weighted by Gasteiger charge is -2.53. The maximum atomic E-state index is 14.0. The topological polar surface area (TPSA) is 261 Å². The van der Waals surface area contributed by atoms with E-state index in [2.05, 4.69) is 27.1 Å². The van der Waals surface area contributed by atoms with E-state index in [1.165, 1.54) is 36.4 Å². The standard InChI is InChI=1S/C53H64N4O13/c1-3-41-37-14-15-54-40(37)25-57(41)47-49-31(17-39-43(61)16-28(2)68-50(39)47)18-45(53(69-49)22-29(32-19-46(63)56-23-32)8-10-33(53)24-55-34-6-4-5-7-34)70-67-27-52(66,51(65)48(64)44(62)26-58)21-30-9-13-42(60)36-12-11-35(59)20-38(30)36/h9,11-17,20,25,29,32-34,44-45,48,51,54-55,58-60,62,64-66H,3-8,10,18-19,21-24,26-27H2,1-2H3,(H,56,63)/t29-,32-,33+,44-,45-,48-,51+,52+,53+/m1/s1. The van der Waals surface area contributed by atoms with E-state index < -0.39 is 55.3 Å². The molecular weight excluding hydrogens is 901 g/mol. The van der Waals surface area contributed by atoms with Crippen LogP contribution in [0.3, 0.4) is 0 Å². The Morgan fingerprint density at radius 2 is 1.77 bits per heavy atom. The fourth-order valence-electron chi connectivity index (χ4n) is 12.2. The Balaban J connectivity index is 1.10. The molecule has 10 rings (SSSR count). The summed E-state index contributed by atoms with van der Waals surface area (Å²) in [6, 6.07) is 12.8. The van der Waals surface area contributed by atoms with Crippen LogP contribution >= 0.6 is 0 Å². The number of hydrogen-bond donors (Lipinski definition) is 10. The number of hydrogen-bond acceptors (Lipinski definition) is 14. The number of aromatic nitrogens is 2. The number of aromatic amines is 1. The highest BCUT2D eigenvalue weighted by Crippen LogP contribution is 2.53. The molecule has 1 amide bonds. The van der Waals surface area contributed by atoms with Crippen LogP contribution in [0.5, 0.6) is 17.2 Å². The van der Waals surface area contributed by atoms with Gasteiger partial charge in [-0.2, -0.15) is 0 Å². The Morgan fingerprint density at radius 3 is 2.53 bits per heavy atom. The average Bonchev–Trinajstić information content (AvgIpc) is 4.18. The van der Waals surface area contributed by atoms with Gasteiger partial charge in [0.1, 0.15) is 65.2 Å². The second-order valence-corrected chi connectivity index (χ2v) is 20.4. The van der Waals surface area contributed by atoms with Crippen molar-refractivity contribution < 1.29 is 59.5 Å². The van der Waals surface area contributed by atoms with Crippen molar-refractivity contribution in [3.63, 3.8) is 0 Å². The number of fused-ring (bicyclic) bond motifs is 4. The monoisotopic (exact) mass is 964 g/mol. The number of ether oxygens (including phenoxy) is 1. The Labute approximate surface area is 403 Å². The van der Waals surface area contributed by atoms with Gasteiger partial charge in [-0.05, 0) is 105 Å². The smallest absolute Gasteiger partial charge is 0.220 e. The summed E-state index contributed by atoms with van der Waals surface area (Å²) in [6.07, 6.45) is 4.07. The van der Waals surface area contributed by atoms with Gasteiger partial charge in [0, 0.05) is 84.8 Å². The van der Waals surface area contributed by atoms with Gasteiger partial charge in [0.15, 0.2) is 16.8 Å². The molecular formula is C53H64N4O13. The molecule has 3 fully saturated rings. The minimum Gasteiger partial charge on any atom is -0.508 e. The number of rotatable bonds is 16. The van der Waals surface area contributed by atoms with Crippen molar-refractivity contribution in [3.05, 3.63) is 93.7 Å². The number of aliphatic hydroxyl groups is 5. The zero-order valence-corrected chi connectivity index (χ0v) is 39.5. The lowest BCUT2D eigenvalue weighted by atomic mass is 9.63. The molecule has 3 aromatic carbocycles. The molecule has 17 nitrogen and oxygen atoms in total. The summed E-state index contributed by atoms with van der Waals surface area (Å²) in [7, 11) is 0. The van der Waals surface area contributed by atoms with Crippen LogP contribution in [0.4, 0.5) is 0 Å². The maximum Gasteiger partial charge on any atom is 0.220 e. The van der Waals surface area contributed by atoms with E-state index in [9.17, 15) is 45.3 Å². The van der Waals surface area contributed by atoms with Crippen LogP contribution in [0.15, 0.2) is 70.1 Å². The summed E-state index contributed by atoms with van der Waals surface area (Å²) in [4.78, 5) is 42.9. The van der Waals surface area contributed by atoms with E-state index >= 15 is 0 Å². The zero-order valence-electron chi connectivity index (χ0n) is 39.5. The third-order valence-electron chi connectivity index (χ3n) is 16.0. The number of carbonyl (C=O) groups is 1. The number of nitrogens with zero attached hydrogens (tertiary/aromatic N) is 1. The number of phenolic OH excluding ortho intramolecular Hbond substituents is 2.